The molecule has 5 nitrogen and oxygen atoms in total. The van der Waals surface area contributed by atoms with E-state index in [0.29, 0.717) is 18.7 Å². The third kappa shape index (κ3) is 3.30. The molecule has 0 aliphatic heterocycles. The van der Waals surface area contributed by atoms with Crippen molar-refractivity contribution in [2.45, 2.75) is 36.6 Å². The number of sulfone groups is 1. The van der Waals surface area contributed by atoms with Gasteiger partial charge in [-0.05, 0) is 31.0 Å². The van der Waals surface area contributed by atoms with E-state index in [-0.39, 0.29) is 15.6 Å². The van der Waals surface area contributed by atoms with Gasteiger partial charge in [0.05, 0.1) is 17.1 Å². The van der Waals surface area contributed by atoms with Crippen LogP contribution in [0.25, 0.3) is 0 Å². The van der Waals surface area contributed by atoms with Gasteiger partial charge in [-0.2, -0.15) is 5.10 Å². The molecule has 3 rings (SSSR count). The Morgan fingerprint density at radius 1 is 1.04 bits per heavy atom. The largest absolute Gasteiger partial charge is 0.383 e. The highest BCUT2D eigenvalue weighted by Gasteiger charge is 2.28. The quantitative estimate of drug-likeness (QED) is 0.762. The number of nitrogen functional groups attached to an aromatic ring is 1. The smallest absolute Gasteiger partial charge is 0.212 e. The van der Waals surface area contributed by atoms with Gasteiger partial charge in [0, 0.05) is 0 Å². The molecule has 3 aromatic rings. The Kier molecular flexibility index (Phi) is 4.63. The molecule has 6 heteroatoms. The van der Waals surface area contributed by atoms with E-state index in [2.05, 4.69) is 5.10 Å². The summed E-state index contributed by atoms with van der Waals surface area (Å²) in [6.45, 7) is 4.23. The number of nitrogens with zero attached hydrogens (tertiary/aromatic N) is 2. The Hall–Kier alpha value is -2.60. The van der Waals surface area contributed by atoms with Crippen LogP contribution in [0.1, 0.15) is 23.7 Å². The predicted molar refractivity (Wildman–Crippen MR) is 98.2 cm³/mol. The maximum absolute atomic E-state index is 13.1. The fourth-order valence-corrected chi connectivity index (χ4v) is 4.35. The second-order valence-corrected chi connectivity index (χ2v) is 7.86. The number of rotatable bonds is 5. The van der Waals surface area contributed by atoms with Crippen LogP contribution < -0.4 is 5.73 Å². The minimum Gasteiger partial charge on any atom is -0.383 e. The molecular weight excluding hydrogens is 334 g/mol. The molecule has 1 heterocycles. The molecule has 2 aromatic carbocycles. The third-order valence-corrected chi connectivity index (χ3v) is 6.00. The fourth-order valence-electron chi connectivity index (χ4n) is 2.75. The van der Waals surface area contributed by atoms with Crippen molar-refractivity contribution in [3.05, 3.63) is 71.4 Å². The van der Waals surface area contributed by atoms with Crippen molar-refractivity contribution in [2.75, 3.05) is 5.73 Å². The van der Waals surface area contributed by atoms with E-state index >= 15 is 0 Å². The molecule has 0 spiro atoms. The first-order valence-electron chi connectivity index (χ1n) is 8.14. The minimum absolute atomic E-state index is 0.120. The summed E-state index contributed by atoms with van der Waals surface area (Å²) in [5, 5.41) is 4.45. The van der Waals surface area contributed by atoms with Gasteiger partial charge in [0.25, 0.3) is 0 Å². The molecule has 0 saturated heterocycles. The lowest BCUT2D eigenvalue weighted by molar-refractivity contribution is 0.595. The zero-order valence-corrected chi connectivity index (χ0v) is 15.1. The van der Waals surface area contributed by atoms with E-state index in [1.165, 1.54) is 0 Å². The molecule has 0 atom stereocenters. The Morgan fingerprint density at radius 3 is 2.28 bits per heavy atom. The molecule has 0 saturated carbocycles. The summed E-state index contributed by atoms with van der Waals surface area (Å²) in [4.78, 5) is 0.355. The highest BCUT2D eigenvalue weighted by atomic mass is 32.2. The number of anilines is 1. The minimum atomic E-state index is -3.71. The van der Waals surface area contributed by atoms with E-state index in [9.17, 15) is 8.42 Å². The van der Waals surface area contributed by atoms with Crippen molar-refractivity contribution in [1.82, 2.24) is 9.78 Å². The number of aryl methyl sites for hydroxylation is 2. The van der Waals surface area contributed by atoms with Gasteiger partial charge in [-0.25, -0.2) is 13.1 Å². The Labute approximate surface area is 148 Å². The molecule has 0 aliphatic carbocycles. The summed E-state index contributed by atoms with van der Waals surface area (Å²) < 4.78 is 27.7. The number of hydrogen-bond acceptors (Lipinski definition) is 4. The Morgan fingerprint density at radius 2 is 1.68 bits per heavy atom. The molecule has 130 valence electrons. The van der Waals surface area contributed by atoms with Gasteiger partial charge in [-0.15, -0.1) is 0 Å². The van der Waals surface area contributed by atoms with Crippen LogP contribution in [-0.4, -0.2) is 18.2 Å². The van der Waals surface area contributed by atoms with Crippen molar-refractivity contribution in [2.24, 2.45) is 0 Å². The average molecular weight is 355 g/mol. The molecule has 1 aromatic heterocycles. The summed E-state index contributed by atoms with van der Waals surface area (Å²) in [7, 11) is -3.71. The second-order valence-electron chi connectivity index (χ2n) is 5.97. The van der Waals surface area contributed by atoms with Crippen molar-refractivity contribution in [3.8, 4) is 0 Å². The van der Waals surface area contributed by atoms with E-state index in [1.807, 2.05) is 44.2 Å². The van der Waals surface area contributed by atoms with Crippen LogP contribution in [0.3, 0.4) is 0 Å². The number of hydrogen-bond donors (Lipinski definition) is 1. The molecule has 0 unspecified atom stereocenters. The average Bonchev–Trinajstić information content (AvgIpc) is 2.92. The van der Waals surface area contributed by atoms with Crippen LogP contribution in [0.2, 0.25) is 0 Å². The van der Waals surface area contributed by atoms with Gasteiger partial charge in [0.15, 0.2) is 0 Å². The molecule has 0 amide bonds. The van der Waals surface area contributed by atoms with Gasteiger partial charge >= 0.3 is 0 Å². The maximum Gasteiger partial charge on any atom is 0.212 e. The fraction of sp³-hybridized carbons (Fsp3) is 0.211. The lowest BCUT2D eigenvalue weighted by Gasteiger charge is -2.07. The molecule has 0 aliphatic rings. The normalized spacial score (nSPS) is 11.6. The van der Waals surface area contributed by atoms with Crippen LogP contribution in [-0.2, 0) is 22.8 Å². The molecule has 0 bridgehead atoms. The van der Waals surface area contributed by atoms with Gasteiger partial charge in [-0.3, -0.25) is 0 Å². The summed E-state index contributed by atoms with van der Waals surface area (Å²) in [5.74, 6) is 0.182. The van der Waals surface area contributed by atoms with Gasteiger partial charge < -0.3 is 5.73 Å². The van der Waals surface area contributed by atoms with Crippen LogP contribution >= 0.6 is 0 Å². The monoisotopic (exact) mass is 355 g/mol. The zero-order chi connectivity index (χ0) is 18.0. The Balaban J connectivity index is 2.08. The summed E-state index contributed by atoms with van der Waals surface area (Å²) >= 11 is 0. The van der Waals surface area contributed by atoms with E-state index in [4.69, 9.17) is 5.73 Å². The van der Waals surface area contributed by atoms with E-state index < -0.39 is 9.84 Å². The summed E-state index contributed by atoms with van der Waals surface area (Å²) in [6, 6.07) is 16.5. The first kappa shape index (κ1) is 17.2. The van der Waals surface area contributed by atoms with Crippen LogP contribution in [0.15, 0.2) is 64.4 Å². The zero-order valence-electron chi connectivity index (χ0n) is 14.3. The van der Waals surface area contributed by atoms with Crippen molar-refractivity contribution in [1.29, 1.82) is 0 Å². The van der Waals surface area contributed by atoms with Gasteiger partial charge in [0.2, 0.25) is 9.84 Å². The first-order valence-corrected chi connectivity index (χ1v) is 9.62. The van der Waals surface area contributed by atoms with Gasteiger partial charge in [-0.1, -0.05) is 55.0 Å². The summed E-state index contributed by atoms with van der Waals surface area (Å²) in [5.41, 5.74) is 8.71. The highest BCUT2D eigenvalue weighted by Crippen LogP contribution is 2.30. The van der Waals surface area contributed by atoms with E-state index in [0.717, 1.165) is 11.1 Å². The predicted octanol–water partition coefficient (Wildman–Crippen LogP) is 3.22. The molecule has 2 N–H and O–H groups in total. The van der Waals surface area contributed by atoms with Gasteiger partial charge in [0.1, 0.15) is 10.7 Å². The molecule has 25 heavy (non-hydrogen) atoms. The lowest BCUT2D eigenvalue weighted by atomic mass is 10.2. The van der Waals surface area contributed by atoms with Crippen LogP contribution in [0, 0.1) is 6.92 Å². The standard InChI is InChI=1S/C19H21N3O2S/c1-3-17-18(25(23,24)16-11-9-14(2)10-12-16)19(20)22(21-17)13-15-7-5-4-6-8-15/h4-12H,3,13,20H2,1-2H3. The molecular formula is C19H21N3O2S. The third-order valence-electron chi connectivity index (χ3n) is 4.12. The molecule has 0 fully saturated rings. The van der Waals surface area contributed by atoms with Crippen molar-refractivity contribution in [3.63, 3.8) is 0 Å². The highest BCUT2D eigenvalue weighted by molar-refractivity contribution is 7.91. The number of nitrogens with two attached hydrogens (primary N) is 1. The number of aromatic nitrogens is 2. The number of benzene rings is 2. The topological polar surface area (TPSA) is 78.0 Å². The first-order chi connectivity index (χ1) is 11.9. The maximum atomic E-state index is 13.1. The second kappa shape index (κ2) is 6.72. The Bertz CT molecular complexity index is 976. The van der Waals surface area contributed by atoms with E-state index in [1.54, 1.807) is 28.9 Å². The SMILES string of the molecule is CCc1nn(Cc2ccccc2)c(N)c1S(=O)(=O)c1ccc(C)cc1. The summed E-state index contributed by atoms with van der Waals surface area (Å²) in [6.07, 6.45) is 0.492. The van der Waals surface area contributed by atoms with Crippen LogP contribution in [0.4, 0.5) is 5.82 Å². The lowest BCUT2D eigenvalue weighted by Crippen LogP contribution is -2.09. The molecule has 0 radical (unpaired) electrons. The van der Waals surface area contributed by atoms with Crippen molar-refractivity contribution >= 4 is 15.7 Å². The van der Waals surface area contributed by atoms with Crippen molar-refractivity contribution < 1.29 is 8.42 Å². The van der Waals surface area contributed by atoms with Crippen LogP contribution in [0.5, 0.6) is 0 Å².